The number of amides is 1. The van der Waals surface area contributed by atoms with Crippen LogP contribution in [0.25, 0.3) is 21.2 Å². The molecule has 0 bridgehead atoms. The molecule has 0 saturated heterocycles. The number of methoxy groups -OCH3 is 1. The number of nitrogens with zero attached hydrogens (tertiary/aromatic N) is 5. The normalized spacial score (nSPS) is 15.7. The first kappa shape index (κ1) is 18.5. The van der Waals surface area contributed by atoms with E-state index in [9.17, 15) is 4.79 Å². The van der Waals surface area contributed by atoms with E-state index in [1.165, 1.54) is 5.01 Å². The maximum Gasteiger partial charge on any atom is 0.249 e. The Hall–Kier alpha value is -3.83. The molecule has 29 heavy (non-hydrogen) atoms. The van der Waals surface area contributed by atoms with Gasteiger partial charge in [-0.25, -0.2) is 5.01 Å². The molecule has 7 nitrogen and oxygen atoms in total. The molecule has 1 heterocycles. The van der Waals surface area contributed by atoms with Crippen molar-refractivity contribution in [2.75, 3.05) is 13.7 Å². The first-order valence-electron chi connectivity index (χ1n) is 9.23. The fraction of sp³-hybridized carbons (Fsp3) is 0.182. The number of benzene rings is 3. The Morgan fingerprint density at radius 1 is 1.17 bits per heavy atom. The van der Waals surface area contributed by atoms with Gasteiger partial charge in [-0.3, -0.25) is 4.79 Å². The van der Waals surface area contributed by atoms with Gasteiger partial charge in [-0.1, -0.05) is 53.6 Å². The quantitative estimate of drug-likeness (QED) is 0.357. The summed E-state index contributed by atoms with van der Waals surface area (Å²) >= 11 is 0. The average molecular weight is 385 g/mol. The van der Waals surface area contributed by atoms with Crippen LogP contribution in [-0.2, 0) is 4.79 Å². The summed E-state index contributed by atoms with van der Waals surface area (Å²) in [7, 11) is 1.61. The lowest BCUT2D eigenvalue weighted by atomic mass is 9.97. The molecule has 1 aliphatic rings. The van der Waals surface area contributed by atoms with Crippen molar-refractivity contribution in [1.29, 1.82) is 0 Å². The van der Waals surface area contributed by atoms with Gasteiger partial charge in [0.1, 0.15) is 12.3 Å². The van der Waals surface area contributed by atoms with Gasteiger partial charge in [-0.15, -0.1) is 0 Å². The molecule has 3 aromatic rings. The van der Waals surface area contributed by atoms with Crippen LogP contribution in [0.4, 0.5) is 0 Å². The number of fused-ring (bicyclic) bond motifs is 1. The maximum absolute atomic E-state index is 12.6. The molecule has 1 unspecified atom stereocenters. The van der Waals surface area contributed by atoms with E-state index >= 15 is 0 Å². The highest BCUT2D eigenvalue weighted by Gasteiger charge is 2.32. The van der Waals surface area contributed by atoms with Crippen LogP contribution < -0.4 is 4.74 Å². The third kappa shape index (κ3) is 3.77. The van der Waals surface area contributed by atoms with Crippen LogP contribution in [-0.4, -0.2) is 30.3 Å². The Bertz CT molecular complexity index is 1130. The van der Waals surface area contributed by atoms with Gasteiger partial charge in [-0.05, 0) is 45.6 Å². The fourth-order valence-electron chi connectivity index (χ4n) is 3.53. The van der Waals surface area contributed by atoms with Gasteiger partial charge in [0, 0.05) is 11.3 Å². The molecule has 1 amide bonds. The average Bonchev–Trinajstić information content (AvgIpc) is 3.23. The van der Waals surface area contributed by atoms with E-state index in [1.54, 1.807) is 7.11 Å². The smallest absolute Gasteiger partial charge is 0.249 e. The van der Waals surface area contributed by atoms with Gasteiger partial charge >= 0.3 is 0 Å². The summed E-state index contributed by atoms with van der Waals surface area (Å²) in [5.74, 6) is 0.411. The Kier molecular flexibility index (Phi) is 5.14. The molecule has 1 aliphatic heterocycles. The van der Waals surface area contributed by atoms with E-state index < -0.39 is 0 Å². The monoisotopic (exact) mass is 385 g/mol. The Morgan fingerprint density at radius 3 is 2.66 bits per heavy atom. The zero-order chi connectivity index (χ0) is 20.2. The van der Waals surface area contributed by atoms with Crippen molar-refractivity contribution >= 4 is 22.4 Å². The van der Waals surface area contributed by atoms with Gasteiger partial charge in [-0.2, -0.15) is 5.10 Å². The minimum absolute atomic E-state index is 0.260. The van der Waals surface area contributed by atoms with Crippen molar-refractivity contribution in [3.8, 4) is 5.75 Å². The summed E-state index contributed by atoms with van der Waals surface area (Å²) in [6, 6.07) is 21.6. The second-order valence-electron chi connectivity index (χ2n) is 6.73. The summed E-state index contributed by atoms with van der Waals surface area (Å²) in [5.41, 5.74) is 11.3. The Labute approximate surface area is 167 Å². The zero-order valence-electron chi connectivity index (χ0n) is 15.9. The second kappa shape index (κ2) is 8.04. The molecular formula is C22H19N5O2. The molecule has 0 N–H and O–H groups in total. The van der Waals surface area contributed by atoms with E-state index in [1.807, 2.05) is 42.5 Å². The van der Waals surface area contributed by atoms with Crippen LogP contribution in [0.2, 0.25) is 0 Å². The van der Waals surface area contributed by atoms with E-state index in [0.717, 1.165) is 33.4 Å². The van der Waals surface area contributed by atoms with Crippen LogP contribution in [0.15, 0.2) is 76.9 Å². The molecule has 0 aliphatic carbocycles. The molecule has 4 rings (SSSR count). The van der Waals surface area contributed by atoms with Gasteiger partial charge in [0.2, 0.25) is 5.91 Å². The van der Waals surface area contributed by atoms with Crippen molar-refractivity contribution in [2.24, 2.45) is 10.2 Å². The van der Waals surface area contributed by atoms with Crippen LogP contribution in [0.5, 0.6) is 5.75 Å². The third-order valence-corrected chi connectivity index (χ3v) is 5.02. The van der Waals surface area contributed by atoms with E-state index in [4.69, 9.17) is 10.3 Å². The predicted molar refractivity (Wildman–Crippen MR) is 112 cm³/mol. The van der Waals surface area contributed by atoms with Gasteiger partial charge in [0.05, 0.1) is 18.9 Å². The minimum atomic E-state index is -0.334. The van der Waals surface area contributed by atoms with Crippen molar-refractivity contribution in [3.63, 3.8) is 0 Å². The number of ether oxygens (including phenoxy) is 1. The molecule has 0 spiro atoms. The van der Waals surface area contributed by atoms with E-state index in [-0.39, 0.29) is 18.5 Å². The van der Waals surface area contributed by atoms with Crippen LogP contribution in [0.3, 0.4) is 0 Å². The molecule has 1 atom stereocenters. The highest BCUT2D eigenvalue weighted by atomic mass is 16.5. The number of rotatable bonds is 5. The highest BCUT2D eigenvalue weighted by Crippen LogP contribution is 2.34. The standard InChI is InChI=1S/C22H19N5O2/c1-29-19-10-8-16(9-11-19)21-13-20(25-27(21)22(28)14-24-26-23)18-7-6-15-4-2-3-5-17(15)12-18/h2-12,21H,13-14H2,1H3. The second-order valence-corrected chi connectivity index (χ2v) is 6.73. The molecular weight excluding hydrogens is 366 g/mol. The largest absolute Gasteiger partial charge is 0.497 e. The summed E-state index contributed by atoms with van der Waals surface area (Å²) in [5, 5.41) is 11.7. The fourth-order valence-corrected chi connectivity index (χ4v) is 3.53. The third-order valence-electron chi connectivity index (χ3n) is 5.02. The molecule has 0 fully saturated rings. The number of carbonyl (C=O) groups is 1. The lowest BCUT2D eigenvalue weighted by molar-refractivity contribution is -0.131. The topological polar surface area (TPSA) is 90.7 Å². The molecule has 0 saturated carbocycles. The lowest BCUT2D eigenvalue weighted by Crippen LogP contribution is -2.28. The minimum Gasteiger partial charge on any atom is -0.497 e. The van der Waals surface area contributed by atoms with Gasteiger partial charge in [0.25, 0.3) is 0 Å². The summed E-state index contributed by atoms with van der Waals surface area (Å²) in [4.78, 5) is 15.3. The van der Waals surface area contributed by atoms with Crippen molar-refractivity contribution in [1.82, 2.24) is 5.01 Å². The van der Waals surface area contributed by atoms with Crippen LogP contribution in [0.1, 0.15) is 23.6 Å². The summed E-state index contributed by atoms with van der Waals surface area (Å²) in [6.45, 7) is -0.266. The van der Waals surface area contributed by atoms with Crippen molar-refractivity contribution in [2.45, 2.75) is 12.5 Å². The number of hydrogen-bond donors (Lipinski definition) is 0. The summed E-state index contributed by atoms with van der Waals surface area (Å²) < 4.78 is 5.23. The molecule has 0 aromatic heterocycles. The van der Waals surface area contributed by atoms with Gasteiger partial charge in [0.15, 0.2) is 0 Å². The number of hydrogen-bond acceptors (Lipinski definition) is 4. The number of azide groups is 1. The number of carbonyl (C=O) groups excluding carboxylic acids is 1. The van der Waals surface area contributed by atoms with Crippen LogP contribution >= 0.6 is 0 Å². The number of hydrazone groups is 1. The molecule has 3 aromatic carbocycles. The van der Waals surface area contributed by atoms with E-state index in [2.05, 4.69) is 39.4 Å². The summed E-state index contributed by atoms with van der Waals surface area (Å²) in [6.07, 6.45) is 0.576. The first-order chi connectivity index (χ1) is 14.2. The molecule has 0 radical (unpaired) electrons. The van der Waals surface area contributed by atoms with Gasteiger partial charge < -0.3 is 4.74 Å². The molecule has 7 heteroatoms. The molecule has 144 valence electrons. The lowest BCUT2D eigenvalue weighted by Gasteiger charge is -2.21. The van der Waals surface area contributed by atoms with E-state index in [0.29, 0.717) is 6.42 Å². The zero-order valence-corrected chi connectivity index (χ0v) is 15.9. The predicted octanol–water partition coefficient (Wildman–Crippen LogP) is 4.84. The van der Waals surface area contributed by atoms with Crippen molar-refractivity contribution in [3.05, 3.63) is 88.3 Å². The van der Waals surface area contributed by atoms with Crippen molar-refractivity contribution < 1.29 is 9.53 Å². The van der Waals surface area contributed by atoms with Crippen LogP contribution in [0, 0.1) is 0 Å². The highest BCUT2D eigenvalue weighted by molar-refractivity contribution is 6.05. The Morgan fingerprint density at radius 2 is 1.93 bits per heavy atom. The Balaban J connectivity index is 1.70. The first-order valence-corrected chi connectivity index (χ1v) is 9.23. The SMILES string of the molecule is COc1ccc(C2CC(c3ccc4ccccc4c3)=NN2C(=O)CN=[N+]=[N-])cc1. The maximum atomic E-state index is 12.6.